The summed E-state index contributed by atoms with van der Waals surface area (Å²) in [6, 6.07) is 11.3. The summed E-state index contributed by atoms with van der Waals surface area (Å²) in [6.07, 6.45) is 0. The first kappa shape index (κ1) is 15.0. The first-order chi connectivity index (χ1) is 12.3. The van der Waals surface area contributed by atoms with Gasteiger partial charge in [-0.25, -0.2) is 9.07 Å². The van der Waals surface area contributed by atoms with E-state index in [1.807, 2.05) is 6.07 Å². The van der Waals surface area contributed by atoms with E-state index >= 15 is 0 Å². The van der Waals surface area contributed by atoms with Gasteiger partial charge in [0.05, 0.1) is 23.6 Å². The van der Waals surface area contributed by atoms with Crippen molar-refractivity contribution in [1.29, 1.82) is 0 Å². The molecule has 124 valence electrons. The maximum atomic E-state index is 13.2. The summed E-state index contributed by atoms with van der Waals surface area (Å²) in [4.78, 5) is 2.77. The Hall–Kier alpha value is -3.58. The third kappa shape index (κ3) is 2.73. The minimum absolute atomic E-state index is 0.0431. The van der Waals surface area contributed by atoms with E-state index in [9.17, 15) is 4.39 Å². The van der Waals surface area contributed by atoms with Gasteiger partial charge >= 0.3 is 0 Å². The average Bonchev–Trinajstić information content (AvgIpc) is 3.26. The molecule has 1 aliphatic rings. The predicted octanol–water partition coefficient (Wildman–Crippen LogP) is 3.61. The van der Waals surface area contributed by atoms with Crippen LogP contribution in [0.15, 0.2) is 47.6 Å². The van der Waals surface area contributed by atoms with E-state index in [0.717, 1.165) is 5.56 Å². The molecule has 0 spiro atoms. The molecule has 0 saturated heterocycles. The monoisotopic (exact) mass is 338 g/mol. The fraction of sp³-hybridized carbons (Fsp3) is 0.125. The molecule has 2 aromatic carbocycles. The molecule has 0 N–H and O–H groups in total. The van der Waals surface area contributed by atoms with Gasteiger partial charge < -0.3 is 9.47 Å². The summed E-state index contributed by atoms with van der Waals surface area (Å²) < 4.78 is 25.5. The van der Waals surface area contributed by atoms with Crippen LogP contribution in [0.4, 0.5) is 4.39 Å². The lowest BCUT2D eigenvalue weighted by atomic mass is 10.1. The molecule has 0 atom stereocenters. The fourth-order valence-corrected chi connectivity index (χ4v) is 2.61. The number of rotatable bonds is 4. The van der Waals surface area contributed by atoms with Gasteiger partial charge in [-0.05, 0) is 48.0 Å². The highest BCUT2D eigenvalue weighted by Crippen LogP contribution is 2.37. The summed E-state index contributed by atoms with van der Waals surface area (Å²) in [5.74, 6) is 0.919. The van der Waals surface area contributed by atoms with Crippen LogP contribution < -0.4 is 9.47 Å². The van der Waals surface area contributed by atoms with Crippen LogP contribution in [0, 0.1) is 5.82 Å². The fourth-order valence-electron chi connectivity index (χ4n) is 2.61. The Morgan fingerprint density at radius 2 is 1.96 bits per heavy atom. The smallest absolute Gasteiger partial charge is 0.231 e. The second kappa shape index (κ2) is 6.14. The quantitative estimate of drug-likeness (QED) is 0.412. The minimum Gasteiger partial charge on any atom is -0.454 e. The Morgan fingerprint density at radius 3 is 2.76 bits per heavy atom. The van der Waals surface area contributed by atoms with Crippen LogP contribution in [0.1, 0.15) is 5.69 Å². The van der Waals surface area contributed by atoms with Crippen molar-refractivity contribution in [2.45, 2.75) is 6.54 Å². The van der Waals surface area contributed by atoms with E-state index in [0.29, 0.717) is 28.6 Å². The largest absolute Gasteiger partial charge is 0.454 e. The third-order valence-electron chi connectivity index (χ3n) is 3.74. The number of benzene rings is 2. The normalized spacial score (nSPS) is 12.0. The van der Waals surface area contributed by atoms with Crippen LogP contribution >= 0.6 is 0 Å². The van der Waals surface area contributed by atoms with Crippen molar-refractivity contribution in [3.63, 3.8) is 0 Å². The lowest BCUT2D eigenvalue weighted by Crippen LogP contribution is -2.00. The van der Waals surface area contributed by atoms with E-state index in [1.165, 1.54) is 12.1 Å². The van der Waals surface area contributed by atoms with Crippen molar-refractivity contribution >= 4 is 0 Å². The molecule has 9 heteroatoms. The highest BCUT2D eigenvalue weighted by molar-refractivity contribution is 5.68. The predicted molar refractivity (Wildman–Crippen MR) is 85.7 cm³/mol. The van der Waals surface area contributed by atoms with Crippen LogP contribution in [0.5, 0.6) is 11.5 Å². The first-order valence-electron chi connectivity index (χ1n) is 7.37. The van der Waals surface area contributed by atoms with Crippen LogP contribution in [0.25, 0.3) is 27.4 Å². The van der Waals surface area contributed by atoms with Gasteiger partial charge in [0.25, 0.3) is 0 Å². The van der Waals surface area contributed by atoms with Gasteiger partial charge in [0.1, 0.15) is 5.82 Å². The van der Waals surface area contributed by atoms with Crippen molar-refractivity contribution in [3.05, 3.63) is 64.4 Å². The SMILES string of the molecule is [N-]=[N+]=NCc1nnn(-c2ccc(F)cc2)c1-c1ccc2c(c1)OCO2. The number of azide groups is 1. The zero-order valence-corrected chi connectivity index (χ0v) is 12.8. The third-order valence-corrected chi connectivity index (χ3v) is 3.74. The summed E-state index contributed by atoms with van der Waals surface area (Å²) in [5, 5.41) is 11.8. The van der Waals surface area contributed by atoms with Gasteiger partial charge in [-0.3, -0.25) is 0 Å². The van der Waals surface area contributed by atoms with Crippen LogP contribution in [-0.2, 0) is 6.54 Å². The molecular weight excluding hydrogens is 327 g/mol. The molecule has 0 amide bonds. The number of halogens is 1. The molecule has 2 heterocycles. The Kier molecular flexibility index (Phi) is 3.68. The van der Waals surface area contributed by atoms with Crippen molar-refractivity contribution in [2.24, 2.45) is 5.11 Å². The molecule has 0 bridgehead atoms. The summed E-state index contributed by atoms with van der Waals surface area (Å²) >= 11 is 0. The molecule has 0 aliphatic carbocycles. The van der Waals surface area contributed by atoms with Gasteiger partial charge in [-0.15, -0.1) is 5.10 Å². The van der Waals surface area contributed by atoms with E-state index < -0.39 is 0 Å². The number of ether oxygens (including phenoxy) is 2. The van der Waals surface area contributed by atoms with Crippen molar-refractivity contribution in [3.8, 4) is 28.4 Å². The maximum Gasteiger partial charge on any atom is 0.231 e. The van der Waals surface area contributed by atoms with E-state index in [2.05, 4.69) is 20.3 Å². The molecule has 0 unspecified atom stereocenters. The molecule has 0 saturated carbocycles. The van der Waals surface area contributed by atoms with Crippen LogP contribution in [-0.4, -0.2) is 21.8 Å². The Balaban J connectivity index is 1.87. The van der Waals surface area contributed by atoms with Crippen LogP contribution in [0.3, 0.4) is 0 Å². The molecule has 1 aliphatic heterocycles. The lowest BCUT2D eigenvalue weighted by Gasteiger charge is -2.09. The maximum absolute atomic E-state index is 13.2. The van der Waals surface area contributed by atoms with Gasteiger partial charge in [-0.2, -0.15) is 0 Å². The van der Waals surface area contributed by atoms with Crippen molar-refractivity contribution < 1.29 is 13.9 Å². The first-order valence-corrected chi connectivity index (χ1v) is 7.37. The number of hydrogen-bond acceptors (Lipinski definition) is 5. The van der Waals surface area contributed by atoms with Gasteiger partial charge in [0, 0.05) is 10.5 Å². The second-order valence-corrected chi connectivity index (χ2v) is 5.23. The van der Waals surface area contributed by atoms with E-state index in [1.54, 1.807) is 28.9 Å². The van der Waals surface area contributed by atoms with Gasteiger partial charge in [-0.1, -0.05) is 10.3 Å². The molecule has 8 nitrogen and oxygen atoms in total. The van der Waals surface area contributed by atoms with E-state index in [4.69, 9.17) is 15.0 Å². The summed E-state index contributed by atoms with van der Waals surface area (Å²) in [6.45, 7) is 0.210. The molecular formula is C16H11FN6O2. The minimum atomic E-state index is -0.345. The zero-order chi connectivity index (χ0) is 17.2. The molecule has 4 rings (SSSR count). The number of hydrogen-bond donors (Lipinski definition) is 0. The molecule has 25 heavy (non-hydrogen) atoms. The second-order valence-electron chi connectivity index (χ2n) is 5.23. The molecule has 0 fully saturated rings. The molecule has 3 aromatic rings. The van der Waals surface area contributed by atoms with E-state index in [-0.39, 0.29) is 19.2 Å². The summed E-state index contributed by atoms with van der Waals surface area (Å²) in [5.41, 5.74) is 11.1. The topological polar surface area (TPSA) is 97.9 Å². The summed E-state index contributed by atoms with van der Waals surface area (Å²) in [7, 11) is 0. The zero-order valence-electron chi connectivity index (χ0n) is 12.8. The van der Waals surface area contributed by atoms with Crippen molar-refractivity contribution in [1.82, 2.24) is 15.0 Å². The lowest BCUT2D eigenvalue weighted by molar-refractivity contribution is 0.174. The Morgan fingerprint density at radius 1 is 1.16 bits per heavy atom. The molecule has 1 aromatic heterocycles. The van der Waals surface area contributed by atoms with Gasteiger partial charge in [0.2, 0.25) is 6.79 Å². The van der Waals surface area contributed by atoms with Crippen LogP contribution in [0.2, 0.25) is 0 Å². The highest BCUT2D eigenvalue weighted by atomic mass is 19.1. The average molecular weight is 338 g/mol. The number of aromatic nitrogens is 3. The Labute approximate surface area is 141 Å². The van der Waals surface area contributed by atoms with Gasteiger partial charge in [0.15, 0.2) is 11.5 Å². The highest BCUT2D eigenvalue weighted by Gasteiger charge is 2.20. The number of fused-ring (bicyclic) bond motifs is 1. The Bertz CT molecular complexity index is 979. The standard InChI is InChI=1S/C16H11FN6O2/c17-11-2-4-12(5-3-11)23-16(13(20-22-23)8-19-21-18)10-1-6-14-15(7-10)25-9-24-14/h1-7H,8-9H2. The molecule has 0 radical (unpaired) electrons. The van der Waals surface area contributed by atoms with Crippen molar-refractivity contribution in [2.75, 3.05) is 6.79 Å². The number of nitrogens with zero attached hydrogens (tertiary/aromatic N) is 6.